The minimum atomic E-state index is -0.269. The summed E-state index contributed by atoms with van der Waals surface area (Å²) in [6, 6.07) is 10.7. The van der Waals surface area contributed by atoms with E-state index >= 15 is 0 Å². The van der Waals surface area contributed by atoms with Crippen molar-refractivity contribution in [3.8, 4) is 0 Å². The molecule has 0 fully saturated rings. The molecule has 2 aromatic carbocycles. The molecule has 2 amide bonds. The highest BCUT2D eigenvalue weighted by Crippen LogP contribution is 2.33. The van der Waals surface area contributed by atoms with Gasteiger partial charge in [0.15, 0.2) is 0 Å². The largest absolute Gasteiger partial charge is 0.268 e. The average Bonchev–Trinajstić information content (AvgIpc) is 2.64. The molecule has 1 aliphatic heterocycles. The lowest BCUT2D eigenvalue weighted by atomic mass is 9.97. The topological polar surface area (TPSA) is 37.4 Å². The van der Waals surface area contributed by atoms with Crippen LogP contribution in [0.15, 0.2) is 40.9 Å². The molecule has 4 rings (SSSR count). The van der Waals surface area contributed by atoms with E-state index in [1.54, 1.807) is 24.3 Å². The first-order chi connectivity index (χ1) is 9.65. The Morgan fingerprint density at radius 3 is 2.25 bits per heavy atom. The molecule has 0 atom stereocenters. The zero-order chi connectivity index (χ0) is 13.9. The van der Waals surface area contributed by atoms with Crippen molar-refractivity contribution in [2.45, 2.75) is 0 Å². The van der Waals surface area contributed by atoms with Crippen molar-refractivity contribution in [1.82, 2.24) is 0 Å². The Balaban J connectivity index is 1.83. The molecule has 1 heterocycles. The van der Waals surface area contributed by atoms with Crippen LogP contribution in [-0.4, -0.2) is 11.8 Å². The number of hydrogen-bond acceptors (Lipinski definition) is 2. The van der Waals surface area contributed by atoms with Gasteiger partial charge in [0.05, 0.1) is 16.8 Å². The SMILES string of the molecule is O=C1c2ccc(Br)cc2C(=O)N1c1ccc2c(c1)C=C2. The lowest BCUT2D eigenvalue weighted by Crippen LogP contribution is -2.29. The Hall–Kier alpha value is -2.20. The second kappa shape index (κ2) is 3.90. The first kappa shape index (κ1) is 11.6. The van der Waals surface area contributed by atoms with E-state index in [2.05, 4.69) is 15.9 Å². The number of fused-ring (bicyclic) bond motifs is 2. The number of imide groups is 1. The fourth-order valence-corrected chi connectivity index (χ4v) is 2.89. The van der Waals surface area contributed by atoms with Crippen LogP contribution in [0.3, 0.4) is 0 Å². The van der Waals surface area contributed by atoms with Crippen LogP contribution in [0.25, 0.3) is 12.2 Å². The van der Waals surface area contributed by atoms with Crippen molar-refractivity contribution in [1.29, 1.82) is 0 Å². The summed E-state index contributed by atoms with van der Waals surface area (Å²) < 4.78 is 0.791. The lowest BCUT2D eigenvalue weighted by Gasteiger charge is -2.17. The van der Waals surface area contributed by atoms with Gasteiger partial charge < -0.3 is 0 Å². The average molecular weight is 326 g/mol. The van der Waals surface area contributed by atoms with Gasteiger partial charge >= 0.3 is 0 Å². The molecule has 20 heavy (non-hydrogen) atoms. The van der Waals surface area contributed by atoms with E-state index in [0.717, 1.165) is 15.6 Å². The maximum Gasteiger partial charge on any atom is 0.266 e. The van der Waals surface area contributed by atoms with Gasteiger partial charge in [-0.05, 0) is 41.5 Å². The molecule has 0 saturated carbocycles. The van der Waals surface area contributed by atoms with E-state index in [4.69, 9.17) is 0 Å². The summed E-state index contributed by atoms with van der Waals surface area (Å²) in [6.45, 7) is 0. The number of halogens is 1. The molecule has 3 nitrogen and oxygen atoms in total. The Labute approximate surface area is 123 Å². The van der Waals surface area contributed by atoms with Gasteiger partial charge in [-0.1, -0.05) is 34.1 Å². The minimum absolute atomic E-state index is 0.263. The van der Waals surface area contributed by atoms with Crippen molar-refractivity contribution in [3.05, 3.63) is 63.1 Å². The molecule has 2 aliphatic rings. The smallest absolute Gasteiger partial charge is 0.266 e. The third kappa shape index (κ3) is 1.45. The zero-order valence-electron chi connectivity index (χ0n) is 10.3. The van der Waals surface area contributed by atoms with Crippen LogP contribution in [0.1, 0.15) is 31.8 Å². The quantitative estimate of drug-likeness (QED) is 0.639. The Morgan fingerprint density at radius 1 is 0.800 bits per heavy atom. The molecule has 0 saturated heterocycles. The Kier molecular flexibility index (Phi) is 2.26. The van der Waals surface area contributed by atoms with Crippen LogP contribution in [0.2, 0.25) is 0 Å². The molecule has 0 bridgehead atoms. The number of rotatable bonds is 1. The van der Waals surface area contributed by atoms with Crippen molar-refractivity contribution >= 4 is 45.6 Å². The molecular formula is C16H8BrNO2. The summed E-state index contributed by atoms with van der Waals surface area (Å²) in [5.41, 5.74) is 3.71. The maximum absolute atomic E-state index is 12.4. The van der Waals surface area contributed by atoms with Crippen LogP contribution < -0.4 is 4.90 Å². The van der Waals surface area contributed by atoms with E-state index in [0.29, 0.717) is 16.8 Å². The Bertz CT molecular complexity index is 823. The van der Waals surface area contributed by atoms with Crippen LogP contribution in [0.4, 0.5) is 5.69 Å². The molecule has 4 heteroatoms. The molecular weight excluding hydrogens is 318 g/mol. The third-order valence-electron chi connectivity index (χ3n) is 3.62. The fourth-order valence-electron chi connectivity index (χ4n) is 2.53. The van der Waals surface area contributed by atoms with Crippen LogP contribution in [0, 0.1) is 0 Å². The predicted molar refractivity (Wildman–Crippen MR) is 80.7 cm³/mol. The highest BCUT2D eigenvalue weighted by Gasteiger charge is 2.36. The normalized spacial score (nSPS) is 15.2. The highest BCUT2D eigenvalue weighted by molar-refractivity contribution is 9.10. The number of nitrogens with zero attached hydrogens (tertiary/aromatic N) is 1. The van der Waals surface area contributed by atoms with E-state index in [1.165, 1.54) is 4.90 Å². The van der Waals surface area contributed by atoms with E-state index in [1.807, 2.05) is 24.3 Å². The standard InChI is InChI=1S/C16H8BrNO2/c17-11-4-6-13-14(8-11)16(20)18(15(13)19)12-5-3-9-1-2-10(9)7-12/h1-8H. The van der Waals surface area contributed by atoms with Crippen LogP contribution in [0.5, 0.6) is 0 Å². The van der Waals surface area contributed by atoms with E-state index < -0.39 is 0 Å². The number of anilines is 1. The summed E-state index contributed by atoms with van der Waals surface area (Å²) in [5, 5.41) is 0. The summed E-state index contributed by atoms with van der Waals surface area (Å²) in [5.74, 6) is -0.532. The second-order valence-corrected chi connectivity index (χ2v) is 5.70. The number of benzene rings is 2. The number of amides is 2. The maximum atomic E-state index is 12.4. The first-order valence-corrected chi connectivity index (χ1v) is 6.95. The van der Waals surface area contributed by atoms with Crippen molar-refractivity contribution in [2.75, 3.05) is 4.90 Å². The predicted octanol–water partition coefficient (Wildman–Crippen LogP) is 3.73. The van der Waals surface area contributed by atoms with Gasteiger partial charge in [0.2, 0.25) is 0 Å². The Morgan fingerprint density at radius 2 is 1.55 bits per heavy atom. The van der Waals surface area contributed by atoms with Crippen LogP contribution in [-0.2, 0) is 0 Å². The number of carbonyl (C=O) groups excluding carboxylic acids is 2. The van der Waals surface area contributed by atoms with Crippen molar-refractivity contribution < 1.29 is 9.59 Å². The minimum Gasteiger partial charge on any atom is -0.268 e. The summed E-state index contributed by atoms with van der Waals surface area (Å²) in [6.07, 6.45) is 3.96. The monoisotopic (exact) mass is 325 g/mol. The molecule has 0 N–H and O–H groups in total. The second-order valence-electron chi connectivity index (χ2n) is 4.78. The van der Waals surface area contributed by atoms with Crippen molar-refractivity contribution in [2.24, 2.45) is 0 Å². The molecule has 96 valence electrons. The molecule has 0 spiro atoms. The third-order valence-corrected chi connectivity index (χ3v) is 4.11. The van der Waals surface area contributed by atoms with Gasteiger partial charge in [0.25, 0.3) is 11.8 Å². The summed E-state index contributed by atoms with van der Waals surface area (Å²) in [4.78, 5) is 26.1. The van der Waals surface area contributed by atoms with Gasteiger partial charge in [-0.25, -0.2) is 4.90 Å². The highest BCUT2D eigenvalue weighted by atomic mass is 79.9. The van der Waals surface area contributed by atoms with Gasteiger partial charge in [-0.15, -0.1) is 0 Å². The molecule has 0 unspecified atom stereocenters. The molecule has 0 radical (unpaired) electrons. The van der Waals surface area contributed by atoms with E-state index in [9.17, 15) is 9.59 Å². The number of hydrogen-bond donors (Lipinski definition) is 0. The van der Waals surface area contributed by atoms with Gasteiger partial charge in [-0.2, -0.15) is 0 Å². The van der Waals surface area contributed by atoms with E-state index in [-0.39, 0.29) is 11.8 Å². The van der Waals surface area contributed by atoms with Gasteiger partial charge in [0.1, 0.15) is 0 Å². The fraction of sp³-hybridized carbons (Fsp3) is 0. The summed E-state index contributed by atoms with van der Waals surface area (Å²) >= 11 is 3.33. The van der Waals surface area contributed by atoms with Crippen molar-refractivity contribution in [3.63, 3.8) is 0 Å². The van der Waals surface area contributed by atoms with Gasteiger partial charge in [0, 0.05) is 4.47 Å². The summed E-state index contributed by atoms with van der Waals surface area (Å²) in [7, 11) is 0. The molecule has 0 aromatic heterocycles. The molecule has 2 aromatic rings. The first-order valence-electron chi connectivity index (χ1n) is 6.15. The number of carbonyl (C=O) groups is 2. The lowest BCUT2D eigenvalue weighted by molar-refractivity contribution is 0.0926. The van der Waals surface area contributed by atoms with Gasteiger partial charge in [-0.3, -0.25) is 9.59 Å². The molecule has 1 aliphatic carbocycles. The zero-order valence-corrected chi connectivity index (χ0v) is 11.8. The van der Waals surface area contributed by atoms with Crippen LogP contribution >= 0.6 is 15.9 Å².